The largest absolute Gasteiger partial charge is 0.379 e. The summed E-state index contributed by atoms with van der Waals surface area (Å²) < 4.78 is 5.30. The van der Waals surface area contributed by atoms with E-state index in [9.17, 15) is 9.59 Å². The van der Waals surface area contributed by atoms with Crippen molar-refractivity contribution in [1.82, 2.24) is 19.7 Å². The maximum Gasteiger partial charge on any atom is 0.246 e. The average molecular weight is 344 g/mol. The Balaban J connectivity index is 1.44. The summed E-state index contributed by atoms with van der Waals surface area (Å²) in [5, 5.41) is 0. The number of aromatic nitrogens is 1. The first kappa shape index (κ1) is 17.6. The van der Waals surface area contributed by atoms with Crippen molar-refractivity contribution in [3.8, 4) is 0 Å². The zero-order valence-corrected chi connectivity index (χ0v) is 14.3. The zero-order valence-electron chi connectivity index (χ0n) is 14.3. The Morgan fingerprint density at radius 2 is 1.80 bits per heavy atom. The number of morpholine rings is 1. The summed E-state index contributed by atoms with van der Waals surface area (Å²) in [7, 11) is 0. The van der Waals surface area contributed by atoms with E-state index in [1.54, 1.807) is 29.4 Å². The van der Waals surface area contributed by atoms with Crippen LogP contribution in [0.1, 0.15) is 5.56 Å². The topological polar surface area (TPSA) is 66.0 Å². The summed E-state index contributed by atoms with van der Waals surface area (Å²) in [5.41, 5.74) is 0.898. The molecule has 2 amide bonds. The number of piperazine rings is 1. The van der Waals surface area contributed by atoms with Crippen LogP contribution < -0.4 is 0 Å². The van der Waals surface area contributed by atoms with E-state index < -0.39 is 0 Å². The molecule has 0 N–H and O–H groups in total. The fraction of sp³-hybridized carbons (Fsp3) is 0.500. The Morgan fingerprint density at radius 3 is 2.48 bits per heavy atom. The Labute approximate surface area is 147 Å². The molecule has 3 rings (SSSR count). The smallest absolute Gasteiger partial charge is 0.246 e. The van der Waals surface area contributed by atoms with E-state index in [1.807, 2.05) is 17.0 Å². The molecule has 1 aromatic heterocycles. The molecule has 0 saturated carbocycles. The summed E-state index contributed by atoms with van der Waals surface area (Å²) in [6, 6.07) is 3.74. The fourth-order valence-corrected chi connectivity index (χ4v) is 2.97. The SMILES string of the molecule is O=C(/C=C/c1cccnc1)N1CCN(C(=O)CN2CCOCC2)CC1. The molecular weight excluding hydrogens is 320 g/mol. The Morgan fingerprint density at radius 1 is 1.08 bits per heavy atom. The van der Waals surface area contributed by atoms with Crippen LogP contribution in [0.5, 0.6) is 0 Å². The first-order valence-electron chi connectivity index (χ1n) is 8.67. The molecule has 0 aromatic carbocycles. The number of hydrogen-bond acceptors (Lipinski definition) is 5. The van der Waals surface area contributed by atoms with Crippen LogP contribution >= 0.6 is 0 Å². The van der Waals surface area contributed by atoms with Crippen molar-refractivity contribution in [2.75, 3.05) is 59.0 Å². The maximum absolute atomic E-state index is 12.4. The minimum absolute atomic E-state index is 0.0240. The first-order valence-corrected chi connectivity index (χ1v) is 8.67. The van der Waals surface area contributed by atoms with Gasteiger partial charge in [0.2, 0.25) is 11.8 Å². The van der Waals surface area contributed by atoms with Crippen LogP contribution in [0, 0.1) is 0 Å². The predicted octanol–water partition coefficient (Wildman–Crippen LogP) is 0.0978. The summed E-state index contributed by atoms with van der Waals surface area (Å²) in [6.45, 7) is 5.78. The number of pyridine rings is 1. The molecule has 0 aliphatic carbocycles. The molecule has 1 aromatic rings. The van der Waals surface area contributed by atoms with E-state index in [0.717, 1.165) is 18.7 Å². The Kier molecular flexibility index (Phi) is 6.14. The van der Waals surface area contributed by atoms with Crippen molar-refractivity contribution in [2.45, 2.75) is 0 Å². The van der Waals surface area contributed by atoms with Gasteiger partial charge in [-0.1, -0.05) is 6.07 Å². The van der Waals surface area contributed by atoms with Gasteiger partial charge in [-0.25, -0.2) is 0 Å². The molecule has 2 fully saturated rings. The molecule has 0 radical (unpaired) electrons. The van der Waals surface area contributed by atoms with E-state index in [-0.39, 0.29) is 11.8 Å². The van der Waals surface area contributed by atoms with Crippen LogP contribution in [-0.2, 0) is 14.3 Å². The minimum atomic E-state index is -0.0240. The van der Waals surface area contributed by atoms with Gasteiger partial charge in [0.05, 0.1) is 19.8 Å². The van der Waals surface area contributed by atoms with Crippen LogP contribution in [0.15, 0.2) is 30.6 Å². The lowest BCUT2D eigenvalue weighted by molar-refractivity contribution is -0.138. The minimum Gasteiger partial charge on any atom is -0.379 e. The van der Waals surface area contributed by atoms with Gasteiger partial charge >= 0.3 is 0 Å². The monoisotopic (exact) mass is 344 g/mol. The van der Waals surface area contributed by atoms with Crippen molar-refractivity contribution in [1.29, 1.82) is 0 Å². The number of hydrogen-bond donors (Lipinski definition) is 0. The number of nitrogens with zero attached hydrogens (tertiary/aromatic N) is 4. The quantitative estimate of drug-likeness (QED) is 0.725. The van der Waals surface area contributed by atoms with E-state index in [1.165, 1.54) is 0 Å². The van der Waals surface area contributed by atoms with Gasteiger partial charge < -0.3 is 14.5 Å². The van der Waals surface area contributed by atoms with Crippen molar-refractivity contribution < 1.29 is 14.3 Å². The Hall–Kier alpha value is -2.25. The molecule has 2 aliphatic heterocycles. The van der Waals surface area contributed by atoms with E-state index in [0.29, 0.717) is 45.9 Å². The van der Waals surface area contributed by atoms with Gasteiger partial charge in [-0.15, -0.1) is 0 Å². The Bertz CT molecular complexity index is 606. The highest BCUT2D eigenvalue weighted by Gasteiger charge is 2.24. The molecule has 0 spiro atoms. The second kappa shape index (κ2) is 8.73. The van der Waals surface area contributed by atoms with Gasteiger partial charge in [0.1, 0.15) is 0 Å². The van der Waals surface area contributed by atoms with E-state index in [2.05, 4.69) is 9.88 Å². The van der Waals surface area contributed by atoms with Crippen molar-refractivity contribution in [2.24, 2.45) is 0 Å². The van der Waals surface area contributed by atoms with Crippen LogP contribution in [0.3, 0.4) is 0 Å². The molecule has 134 valence electrons. The molecule has 2 aliphatic rings. The van der Waals surface area contributed by atoms with Crippen molar-refractivity contribution in [3.05, 3.63) is 36.2 Å². The fourth-order valence-electron chi connectivity index (χ4n) is 2.97. The highest BCUT2D eigenvalue weighted by atomic mass is 16.5. The molecule has 2 saturated heterocycles. The van der Waals surface area contributed by atoms with Crippen LogP contribution in [-0.4, -0.2) is 90.5 Å². The molecule has 7 heteroatoms. The molecule has 25 heavy (non-hydrogen) atoms. The van der Waals surface area contributed by atoms with Crippen LogP contribution in [0.2, 0.25) is 0 Å². The maximum atomic E-state index is 12.4. The summed E-state index contributed by atoms with van der Waals surface area (Å²) >= 11 is 0. The zero-order chi connectivity index (χ0) is 17.5. The number of ether oxygens (including phenoxy) is 1. The highest BCUT2D eigenvalue weighted by Crippen LogP contribution is 2.07. The van der Waals surface area contributed by atoms with Gasteiger partial charge in [0, 0.05) is 57.7 Å². The number of carbonyl (C=O) groups excluding carboxylic acids is 2. The molecule has 0 bridgehead atoms. The lowest BCUT2D eigenvalue weighted by Crippen LogP contribution is -2.53. The number of carbonyl (C=O) groups is 2. The lowest BCUT2D eigenvalue weighted by atomic mass is 10.2. The van der Waals surface area contributed by atoms with Crippen molar-refractivity contribution in [3.63, 3.8) is 0 Å². The summed E-state index contributed by atoms with van der Waals surface area (Å²) in [4.78, 5) is 34.4. The highest BCUT2D eigenvalue weighted by molar-refractivity contribution is 5.92. The molecule has 0 unspecified atom stereocenters. The third-order valence-electron chi connectivity index (χ3n) is 4.51. The average Bonchev–Trinajstić information content (AvgIpc) is 2.68. The predicted molar refractivity (Wildman–Crippen MR) is 93.7 cm³/mol. The third-order valence-corrected chi connectivity index (χ3v) is 4.51. The molecule has 3 heterocycles. The summed E-state index contributed by atoms with van der Waals surface area (Å²) in [5.74, 6) is 0.115. The lowest BCUT2D eigenvalue weighted by Gasteiger charge is -2.36. The number of rotatable bonds is 4. The van der Waals surface area contributed by atoms with Gasteiger partial charge in [-0.05, 0) is 17.7 Å². The first-order chi connectivity index (χ1) is 12.2. The van der Waals surface area contributed by atoms with Gasteiger partial charge in [-0.3, -0.25) is 19.5 Å². The van der Waals surface area contributed by atoms with Gasteiger partial charge in [-0.2, -0.15) is 0 Å². The summed E-state index contributed by atoms with van der Waals surface area (Å²) in [6.07, 6.45) is 6.76. The van der Waals surface area contributed by atoms with E-state index >= 15 is 0 Å². The van der Waals surface area contributed by atoms with E-state index in [4.69, 9.17) is 4.74 Å². The van der Waals surface area contributed by atoms with Gasteiger partial charge in [0.15, 0.2) is 0 Å². The molecular formula is C18H24N4O3. The third kappa shape index (κ3) is 5.11. The van der Waals surface area contributed by atoms with Gasteiger partial charge in [0.25, 0.3) is 0 Å². The second-order valence-electron chi connectivity index (χ2n) is 6.21. The van der Waals surface area contributed by atoms with Crippen LogP contribution in [0.4, 0.5) is 0 Å². The van der Waals surface area contributed by atoms with Crippen LogP contribution in [0.25, 0.3) is 6.08 Å². The standard InChI is InChI=1S/C18H24N4O3/c23-17(4-3-16-2-1-5-19-14-16)21-6-8-22(9-7-21)18(24)15-20-10-12-25-13-11-20/h1-5,14H,6-13,15H2/b4-3+. The molecule has 7 nitrogen and oxygen atoms in total. The normalized spacial score (nSPS) is 19.4. The van der Waals surface area contributed by atoms with Crippen molar-refractivity contribution >= 4 is 17.9 Å². The second-order valence-corrected chi connectivity index (χ2v) is 6.21. The number of amides is 2. The molecule has 0 atom stereocenters.